The third-order valence-corrected chi connectivity index (χ3v) is 3.71. The molecule has 106 valence electrons. The van der Waals surface area contributed by atoms with Gasteiger partial charge in [0.05, 0.1) is 25.5 Å². The molecule has 1 aliphatic rings. The van der Waals surface area contributed by atoms with Crippen molar-refractivity contribution in [2.75, 3.05) is 13.2 Å². The summed E-state index contributed by atoms with van der Waals surface area (Å²) >= 11 is 6.32. The number of aryl methyl sites for hydroxylation is 1. The summed E-state index contributed by atoms with van der Waals surface area (Å²) in [7, 11) is 0. The second-order valence-electron chi connectivity index (χ2n) is 4.82. The molecule has 0 fully saturated rings. The van der Waals surface area contributed by atoms with Gasteiger partial charge in [-0.15, -0.1) is 0 Å². The number of nitrogens with two attached hydrogens (primary N) is 1. The fourth-order valence-electron chi connectivity index (χ4n) is 2.28. The summed E-state index contributed by atoms with van der Waals surface area (Å²) in [6, 6.07) is 5.06. The lowest BCUT2D eigenvalue weighted by molar-refractivity contribution is 0.297. The Morgan fingerprint density at radius 3 is 2.55 bits per heavy atom. The van der Waals surface area contributed by atoms with E-state index in [9.17, 15) is 0 Å². The summed E-state index contributed by atoms with van der Waals surface area (Å²) in [4.78, 5) is 0. The lowest BCUT2D eigenvalue weighted by Gasteiger charge is -2.16. The predicted molar refractivity (Wildman–Crippen MR) is 76.5 cm³/mol. The monoisotopic (exact) mass is 293 g/mol. The summed E-state index contributed by atoms with van der Waals surface area (Å²) < 4.78 is 16.7. The molecule has 4 nitrogen and oxygen atoms in total. The van der Waals surface area contributed by atoms with Crippen molar-refractivity contribution >= 4 is 11.6 Å². The van der Waals surface area contributed by atoms with Crippen molar-refractivity contribution in [3.63, 3.8) is 0 Å². The maximum Gasteiger partial charge on any atom is 0.162 e. The van der Waals surface area contributed by atoms with Crippen molar-refractivity contribution in [2.24, 2.45) is 5.73 Å². The van der Waals surface area contributed by atoms with Crippen molar-refractivity contribution in [3.05, 3.63) is 46.4 Å². The Morgan fingerprint density at radius 1 is 1.20 bits per heavy atom. The summed E-state index contributed by atoms with van der Waals surface area (Å²) in [6.45, 7) is 3.21. The molecule has 3 rings (SSSR count). The van der Waals surface area contributed by atoms with E-state index in [4.69, 9.17) is 31.2 Å². The van der Waals surface area contributed by atoms with Crippen LogP contribution in [0.5, 0.6) is 11.5 Å². The number of furan rings is 1. The lowest BCUT2D eigenvalue weighted by Crippen LogP contribution is -2.13. The third kappa shape index (κ3) is 2.37. The standard InChI is InChI=1S/C15H16ClNO3/c1-9-3-6-20-15(9)14(17)10-7-12-13(8-11(10)16)19-5-2-4-18-12/h3,6-8,14H,2,4-5,17H2,1H3. The number of halogens is 1. The summed E-state index contributed by atoms with van der Waals surface area (Å²) in [6.07, 6.45) is 2.48. The van der Waals surface area contributed by atoms with E-state index in [0.29, 0.717) is 35.5 Å². The van der Waals surface area contributed by atoms with Crippen LogP contribution in [0.4, 0.5) is 0 Å². The van der Waals surface area contributed by atoms with Gasteiger partial charge in [0, 0.05) is 17.5 Å². The van der Waals surface area contributed by atoms with Gasteiger partial charge < -0.3 is 19.6 Å². The number of rotatable bonds is 2. The molecule has 0 saturated carbocycles. The van der Waals surface area contributed by atoms with E-state index in [1.807, 2.05) is 19.1 Å². The van der Waals surface area contributed by atoms with Crippen LogP contribution in [0.15, 0.2) is 28.9 Å². The Balaban J connectivity index is 2.01. The van der Waals surface area contributed by atoms with Crippen LogP contribution in [-0.2, 0) is 0 Å². The zero-order valence-corrected chi connectivity index (χ0v) is 11.9. The van der Waals surface area contributed by atoms with Gasteiger partial charge in [0.2, 0.25) is 0 Å². The molecule has 1 aliphatic heterocycles. The Morgan fingerprint density at radius 2 is 1.90 bits per heavy atom. The number of fused-ring (bicyclic) bond motifs is 1. The maximum absolute atomic E-state index is 6.32. The quantitative estimate of drug-likeness (QED) is 0.921. The fourth-order valence-corrected chi connectivity index (χ4v) is 2.55. The lowest BCUT2D eigenvalue weighted by atomic mass is 10.0. The van der Waals surface area contributed by atoms with E-state index in [1.165, 1.54) is 0 Å². The summed E-state index contributed by atoms with van der Waals surface area (Å²) in [5, 5.41) is 0.553. The third-order valence-electron chi connectivity index (χ3n) is 3.39. The number of benzene rings is 1. The first kappa shape index (κ1) is 13.3. The van der Waals surface area contributed by atoms with E-state index in [2.05, 4.69) is 0 Å². The molecule has 5 heteroatoms. The Kier molecular flexibility index (Phi) is 3.59. The van der Waals surface area contributed by atoms with Crippen molar-refractivity contribution in [3.8, 4) is 11.5 Å². The van der Waals surface area contributed by atoms with Gasteiger partial charge in [-0.2, -0.15) is 0 Å². The minimum absolute atomic E-state index is 0.422. The van der Waals surface area contributed by atoms with Gasteiger partial charge in [0.1, 0.15) is 5.76 Å². The van der Waals surface area contributed by atoms with E-state index in [0.717, 1.165) is 17.5 Å². The molecule has 1 aromatic heterocycles. The summed E-state index contributed by atoms with van der Waals surface area (Å²) in [5.41, 5.74) is 8.03. The number of hydrogen-bond donors (Lipinski definition) is 1. The Labute approximate surface area is 122 Å². The molecule has 0 spiro atoms. The molecule has 0 saturated heterocycles. The highest BCUT2D eigenvalue weighted by Crippen LogP contribution is 2.38. The average molecular weight is 294 g/mol. The highest BCUT2D eigenvalue weighted by atomic mass is 35.5. The first-order valence-corrected chi connectivity index (χ1v) is 6.93. The van der Waals surface area contributed by atoms with Crippen LogP contribution in [0.1, 0.15) is 29.3 Å². The van der Waals surface area contributed by atoms with E-state index < -0.39 is 6.04 Å². The minimum Gasteiger partial charge on any atom is -0.490 e. The van der Waals surface area contributed by atoms with Crippen LogP contribution in [0.3, 0.4) is 0 Å². The van der Waals surface area contributed by atoms with Crippen LogP contribution >= 0.6 is 11.6 Å². The van der Waals surface area contributed by atoms with Crippen LogP contribution in [0.25, 0.3) is 0 Å². The van der Waals surface area contributed by atoms with Gasteiger partial charge in [0.15, 0.2) is 11.5 Å². The first-order valence-electron chi connectivity index (χ1n) is 6.55. The normalized spacial score (nSPS) is 15.8. The van der Waals surface area contributed by atoms with Crippen LogP contribution in [-0.4, -0.2) is 13.2 Å². The van der Waals surface area contributed by atoms with Crippen molar-refractivity contribution in [1.29, 1.82) is 0 Å². The van der Waals surface area contributed by atoms with Crippen LogP contribution in [0, 0.1) is 6.92 Å². The van der Waals surface area contributed by atoms with Crippen LogP contribution < -0.4 is 15.2 Å². The Bertz CT molecular complexity index is 624. The Hall–Kier alpha value is -1.65. The largest absolute Gasteiger partial charge is 0.490 e. The summed E-state index contributed by atoms with van der Waals surface area (Å²) in [5.74, 6) is 2.06. The second-order valence-corrected chi connectivity index (χ2v) is 5.22. The van der Waals surface area contributed by atoms with Crippen LogP contribution in [0.2, 0.25) is 5.02 Å². The van der Waals surface area contributed by atoms with Gasteiger partial charge in [-0.25, -0.2) is 0 Å². The molecule has 20 heavy (non-hydrogen) atoms. The highest BCUT2D eigenvalue weighted by molar-refractivity contribution is 6.31. The minimum atomic E-state index is -0.422. The molecule has 0 bridgehead atoms. The fraction of sp³-hybridized carbons (Fsp3) is 0.333. The molecule has 0 radical (unpaired) electrons. The molecule has 0 aliphatic carbocycles. The SMILES string of the molecule is Cc1ccoc1C(N)c1cc2c(cc1Cl)OCCCO2. The van der Waals surface area contributed by atoms with Gasteiger partial charge in [-0.1, -0.05) is 11.6 Å². The van der Waals surface area contributed by atoms with Crippen molar-refractivity contribution in [1.82, 2.24) is 0 Å². The van der Waals surface area contributed by atoms with Gasteiger partial charge in [0.25, 0.3) is 0 Å². The molecule has 2 N–H and O–H groups in total. The zero-order valence-electron chi connectivity index (χ0n) is 11.2. The van der Waals surface area contributed by atoms with Gasteiger partial charge in [-0.3, -0.25) is 0 Å². The predicted octanol–water partition coefficient (Wildman–Crippen LogP) is 3.45. The second kappa shape index (κ2) is 5.38. The first-order chi connectivity index (χ1) is 9.66. The molecule has 1 aromatic carbocycles. The number of hydrogen-bond acceptors (Lipinski definition) is 4. The van der Waals surface area contributed by atoms with Crippen molar-refractivity contribution in [2.45, 2.75) is 19.4 Å². The topological polar surface area (TPSA) is 57.6 Å². The van der Waals surface area contributed by atoms with Crippen molar-refractivity contribution < 1.29 is 13.9 Å². The molecule has 2 heterocycles. The average Bonchev–Trinajstić information content (AvgIpc) is 2.72. The molecular weight excluding hydrogens is 278 g/mol. The van der Waals surface area contributed by atoms with Gasteiger partial charge in [-0.05, 0) is 30.2 Å². The molecular formula is C15H16ClNO3. The van der Waals surface area contributed by atoms with E-state index in [-0.39, 0.29) is 0 Å². The number of ether oxygens (including phenoxy) is 2. The van der Waals surface area contributed by atoms with E-state index in [1.54, 1.807) is 12.3 Å². The maximum atomic E-state index is 6.32. The zero-order chi connectivity index (χ0) is 14.1. The van der Waals surface area contributed by atoms with E-state index >= 15 is 0 Å². The van der Waals surface area contributed by atoms with Gasteiger partial charge >= 0.3 is 0 Å². The molecule has 0 amide bonds. The highest BCUT2D eigenvalue weighted by Gasteiger charge is 2.21. The smallest absolute Gasteiger partial charge is 0.162 e. The molecule has 1 atom stereocenters. The molecule has 2 aromatic rings. The molecule has 1 unspecified atom stereocenters.